The number of pyridine rings is 1. The molecule has 2 fully saturated rings. The highest BCUT2D eigenvalue weighted by Crippen LogP contribution is 2.51. The topological polar surface area (TPSA) is 86.1 Å². The molecule has 1 saturated heterocycles. The van der Waals surface area contributed by atoms with Gasteiger partial charge in [0.2, 0.25) is 11.8 Å². The summed E-state index contributed by atoms with van der Waals surface area (Å²) in [6.07, 6.45) is 4.25. The number of amides is 2. The minimum absolute atomic E-state index is 0.128. The van der Waals surface area contributed by atoms with Gasteiger partial charge in [0.15, 0.2) is 0 Å². The number of hydrogen-bond acceptors (Lipinski definition) is 4. The second-order valence-electron chi connectivity index (χ2n) is 8.33. The van der Waals surface area contributed by atoms with Crippen molar-refractivity contribution in [1.82, 2.24) is 4.98 Å². The molecule has 6 nitrogen and oxygen atoms in total. The molecule has 0 bridgehead atoms. The Morgan fingerprint density at radius 1 is 1.19 bits per heavy atom. The van der Waals surface area contributed by atoms with Crippen LogP contribution in [0, 0.1) is 22.7 Å². The maximum Gasteiger partial charge on any atom is 0.247 e. The van der Waals surface area contributed by atoms with Crippen molar-refractivity contribution in [2.45, 2.75) is 25.7 Å². The summed E-state index contributed by atoms with van der Waals surface area (Å²) in [5, 5.41) is 14.7. The molecule has 0 unspecified atom stereocenters. The molecule has 1 N–H and O–H groups in total. The van der Waals surface area contributed by atoms with E-state index in [4.69, 9.17) is 0 Å². The van der Waals surface area contributed by atoms with Gasteiger partial charge in [-0.1, -0.05) is 42.5 Å². The standard InChI is InChI=1S/C25H22N4O2/c26-16-25(19-8-9-19)11-13-29(24(25)31)20-10-12-27-22(15-20)28-23(30)14-18-6-3-5-17-4-1-2-7-21(17)18/h1-7,10,12,15,19H,8-9,11,13-14H2,(H,27,28,30)/t25-/m1/s1. The summed E-state index contributed by atoms with van der Waals surface area (Å²) < 4.78 is 0. The number of aromatic nitrogens is 1. The van der Waals surface area contributed by atoms with Crippen molar-refractivity contribution in [1.29, 1.82) is 5.26 Å². The van der Waals surface area contributed by atoms with Crippen LogP contribution < -0.4 is 10.2 Å². The van der Waals surface area contributed by atoms with E-state index in [0.29, 0.717) is 24.5 Å². The van der Waals surface area contributed by atoms with E-state index >= 15 is 0 Å². The van der Waals surface area contributed by atoms with E-state index in [1.165, 1.54) is 0 Å². The predicted octanol–water partition coefficient (Wildman–Crippen LogP) is 4.07. The van der Waals surface area contributed by atoms with Crippen LogP contribution in [0.1, 0.15) is 24.8 Å². The van der Waals surface area contributed by atoms with Gasteiger partial charge in [0.1, 0.15) is 11.2 Å². The molecule has 31 heavy (non-hydrogen) atoms. The summed E-state index contributed by atoms with van der Waals surface area (Å²) in [6, 6.07) is 19.7. The van der Waals surface area contributed by atoms with Crippen molar-refractivity contribution in [3.8, 4) is 6.07 Å². The molecule has 0 spiro atoms. The first-order chi connectivity index (χ1) is 15.1. The van der Waals surface area contributed by atoms with Gasteiger partial charge in [0.25, 0.3) is 0 Å². The third-order valence-corrected chi connectivity index (χ3v) is 6.38. The maximum atomic E-state index is 13.0. The molecule has 1 aliphatic heterocycles. The van der Waals surface area contributed by atoms with Crippen molar-refractivity contribution < 1.29 is 9.59 Å². The molecule has 2 aliphatic rings. The number of fused-ring (bicyclic) bond motifs is 1. The number of anilines is 2. The largest absolute Gasteiger partial charge is 0.311 e. The Kier molecular flexibility index (Phi) is 4.67. The lowest BCUT2D eigenvalue weighted by molar-refractivity contribution is -0.123. The molecule has 0 radical (unpaired) electrons. The van der Waals surface area contributed by atoms with E-state index in [1.807, 2.05) is 42.5 Å². The van der Waals surface area contributed by atoms with Crippen LogP contribution in [0.3, 0.4) is 0 Å². The van der Waals surface area contributed by atoms with Crippen molar-refractivity contribution in [2.75, 3.05) is 16.8 Å². The van der Waals surface area contributed by atoms with Crippen molar-refractivity contribution >= 4 is 34.1 Å². The Balaban J connectivity index is 1.32. The number of carbonyl (C=O) groups excluding carboxylic acids is 2. The first-order valence-corrected chi connectivity index (χ1v) is 10.6. The van der Waals surface area contributed by atoms with Crippen molar-refractivity contribution in [3.63, 3.8) is 0 Å². The van der Waals surface area contributed by atoms with Gasteiger partial charge < -0.3 is 10.2 Å². The third kappa shape index (κ3) is 3.42. The van der Waals surface area contributed by atoms with Gasteiger partial charge in [0.05, 0.1) is 12.5 Å². The molecule has 1 atom stereocenters. The summed E-state index contributed by atoms with van der Waals surface area (Å²) in [6.45, 7) is 0.510. The highest BCUT2D eigenvalue weighted by Gasteiger charge is 2.56. The van der Waals surface area contributed by atoms with Gasteiger partial charge in [-0.05, 0) is 47.6 Å². The summed E-state index contributed by atoms with van der Waals surface area (Å²) >= 11 is 0. The first kappa shape index (κ1) is 19.3. The van der Waals surface area contributed by atoms with E-state index in [9.17, 15) is 14.9 Å². The van der Waals surface area contributed by atoms with Gasteiger partial charge in [-0.3, -0.25) is 9.59 Å². The summed E-state index contributed by atoms with van der Waals surface area (Å²) in [4.78, 5) is 31.6. The molecule has 2 aromatic carbocycles. The molecule has 3 aromatic rings. The number of carbonyl (C=O) groups is 2. The first-order valence-electron chi connectivity index (χ1n) is 10.6. The SMILES string of the molecule is N#C[C@@]1(C2CC2)CCN(c2ccnc(NC(=O)Cc3cccc4ccccc34)c2)C1=O. The average Bonchev–Trinajstić information content (AvgIpc) is 3.58. The lowest BCUT2D eigenvalue weighted by Gasteiger charge is -2.21. The minimum Gasteiger partial charge on any atom is -0.311 e. The minimum atomic E-state index is -0.888. The number of nitriles is 1. The monoisotopic (exact) mass is 410 g/mol. The number of rotatable bonds is 5. The molecule has 1 saturated carbocycles. The van der Waals surface area contributed by atoms with Gasteiger partial charge in [-0.25, -0.2) is 4.98 Å². The highest BCUT2D eigenvalue weighted by atomic mass is 16.2. The smallest absolute Gasteiger partial charge is 0.247 e. The Bertz CT molecular complexity index is 1220. The molecule has 1 aromatic heterocycles. The molecule has 154 valence electrons. The van der Waals surface area contributed by atoms with Crippen molar-refractivity contribution in [2.24, 2.45) is 11.3 Å². The van der Waals surface area contributed by atoms with Crippen LogP contribution in [0.5, 0.6) is 0 Å². The summed E-state index contributed by atoms with van der Waals surface area (Å²) in [5.41, 5.74) is 0.726. The number of benzene rings is 2. The average molecular weight is 410 g/mol. The summed E-state index contributed by atoms with van der Waals surface area (Å²) in [7, 11) is 0. The zero-order chi connectivity index (χ0) is 21.4. The second-order valence-corrected chi connectivity index (χ2v) is 8.33. The Labute approximate surface area is 180 Å². The predicted molar refractivity (Wildman–Crippen MR) is 118 cm³/mol. The van der Waals surface area contributed by atoms with Crippen LogP contribution in [-0.2, 0) is 16.0 Å². The molecule has 6 heteroatoms. The van der Waals surface area contributed by atoms with Gasteiger partial charge in [-0.2, -0.15) is 5.26 Å². The number of nitrogens with one attached hydrogen (secondary N) is 1. The van der Waals surface area contributed by atoms with Crippen LogP contribution >= 0.6 is 0 Å². The molecular formula is C25H22N4O2. The normalized spacial score (nSPS) is 20.6. The number of hydrogen-bond donors (Lipinski definition) is 1. The fourth-order valence-electron chi connectivity index (χ4n) is 4.60. The second kappa shape index (κ2) is 7.51. The number of nitrogens with zero attached hydrogens (tertiary/aromatic N) is 3. The molecule has 2 amide bonds. The summed E-state index contributed by atoms with van der Waals surface area (Å²) in [5.74, 6) is 0.281. The van der Waals surface area contributed by atoms with E-state index in [1.54, 1.807) is 23.2 Å². The highest BCUT2D eigenvalue weighted by molar-refractivity contribution is 6.03. The van der Waals surface area contributed by atoms with Gasteiger partial charge >= 0.3 is 0 Å². The van der Waals surface area contributed by atoms with Gasteiger partial charge in [0, 0.05) is 24.5 Å². The maximum absolute atomic E-state index is 13.0. The van der Waals surface area contributed by atoms with Crippen LogP contribution in [0.2, 0.25) is 0 Å². The lowest BCUT2D eigenvalue weighted by atomic mass is 9.83. The third-order valence-electron chi connectivity index (χ3n) is 6.38. The fraction of sp³-hybridized carbons (Fsp3) is 0.280. The van der Waals surface area contributed by atoms with E-state index in [2.05, 4.69) is 16.4 Å². The molecular weight excluding hydrogens is 388 g/mol. The van der Waals surface area contributed by atoms with E-state index in [-0.39, 0.29) is 24.2 Å². The zero-order valence-electron chi connectivity index (χ0n) is 17.0. The van der Waals surface area contributed by atoms with E-state index in [0.717, 1.165) is 29.2 Å². The van der Waals surface area contributed by atoms with Crippen LogP contribution in [0.15, 0.2) is 60.8 Å². The zero-order valence-corrected chi connectivity index (χ0v) is 17.0. The molecule has 2 heterocycles. The lowest BCUT2D eigenvalue weighted by Crippen LogP contribution is -2.35. The molecule has 5 rings (SSSR count). The Morgan fingerprint density at radius 2 is 2.00 bits per heavy atom. The van der Waals surface area contributed by atoms with Crippen LogP contribution in [-0.4, -0.2) is 23.3 Å². The van der Waals surface area contributed by atoms with E-state index < -0.39 is 5.41 Å². The van der Waals surface area contributed by atoms with Gasteiger partial charge in [-0.15, -0.1) is 0 Å². The Hall–Kier alpha value is -3.72. The van der Waals surface area contributed by atoms with Crippen molar-refractivity contribution in [3.05, 3.63) is 66.4 Å². The Morgan fingerprint density at radius 3 is 2.81 bits per heavy atom. The fourth-order valence-corrected chi connectivity index (χ4v) is 4.60. The van der Waals surface area contributed by atoms with Crippen LogP contribution in [0.4, 0.5) is 11.5 Å². The van der Waals surface area contributed by atoms with Crippen LogP contribution in [0.25, 0.3) is 10.8 Å². The molecule has 1 aliphatic carbocycles. The quantitative estimate of drug-likeness (QED) is 0.687.